The number of fused-ring (bicyclic) bond motifs is 1. The van der Waals surface area contributed by atoms with Crippen molar-refractivity contribution in [3.05, 3.63) is 53.7 Å². The Labute approximate surface area is 151 Å². The maximum Gasteiger partial charge on any atom is 0.319 e. The summed E-state index contributed by atoms with van der Waals surface area (Å²) in [7, 11) is 3.14. The molecule has 0 amide bonds. The van der Waals surface area contributed by atoms with Crippen molar-refractivity contribution in [3.63, 3.8) is 0 Å². The molecule has 1 aliphatic carbocycles. The zero-order chi connectivity index (χ0) is 17.9. The van der Waals surface area contributed by atoms with Gasteiger partial charge in [0, 0.05) is 12.4 Å². The van der Waals surface area contributed by atoms with Crippen LogP contribution in [0.15, 0.2) is 36.9 Å². The highest BCUT2D eigenvalue weighted by molar-refractivity contribution is 5.85. The van der Waals surface area contributed by atoms with Gasteiger partial charge < -0.3 is 14.5 Å². The minimum absolute atomic E-state index is 0.294. The number of nitrogens with one attached hydrogen (secondary N) is 1. The first-order chi connectivity index (χ1) is 12.8. The average molecular weight is 348 g/mol. The maximum absolute atomic E-state index is 5.44. The van der Waals surface area contributed by atoms with E-state index < -0.39 is 0 Å². The smallest absolute Gasteiger partial charge is 0.319 e. The van der Waals surface area contributed by atoms with Crippen LogP contribution >= 0.6 is 0 Å². The molecule has 6 heteroatoms. The molecule has 132 valence electrons. The molecule has 0 fully saturated rings. The van der Waals surface area contributed by atoms with E-state index in [1.54, 1.807) is 26.7 Å². The minimum Gasteiger partial charge on any atom is -0.480 e. The largest absolute Gasteiger partial charge is 0.480 e. The van der Waals surface area contributed by atoms with Crippen molar-refractivity contribution in [1.82, 2.24) is 19.9 Å². The zero-order valence-corrected chi connectivity index (χ0v) is 14.8. The molecule has 0 saturated carbocycles. The van der Waals surface area contributed by atoms with E-state index >= 15 is 0 Å². The highest BCUT2D eigenvalue weighted by Gasteiger charge is 2.17. The van der Waals surface area contributed by atoms with E-state index in [1.807, 2.05) is 6.20 Å². The molecule has 1 N–H and O–H groups in total. The molecule has 6 nitrogen and oxygen atoms in total. The summed E-state index contributed by atoms with van der Waals surface area (Å²) in [6, 6.07) is 6.78. The van der Waals surface area contributed by atoms with Crippen molar-refractivity contribution < 1.29 is 9.47 Å². The quantitative estimate of drug-likeness (QED) is 0.777. The van der Waals surface area contributed by atoms with Gasteiger partial charge in [0.2, 0.25) is 5.88 Å². The molecule has 0 saturated heterocycles. The highest BCUT2D eigenvalue weighted by atomic mass is 16.5. The Bertz CT molecular complexity index is 948. The van der Waals surface area contributed by atoms with Gasteiger partial charge in [0.15, 0.2) is 0 Å². The molecule has 0 aliphatic heterocycles. The van der Waals surface area contributed by atoms with Crippen molar-refractivity contribution in [1.29, 1.82) is 0 Å². The number of aryl methyl sites for hydroxylation is 1. The van der Waals surface area contributed by atoms with E-state index in [-0.39, 0.29) is 0 Å². The maximum atomic E-state index is 5.44. The normalized spacial score (nSPS) is 14.9. The Hall–Kier alpha value is -3.15. The van der Waals surface area contributed by atoms with E-state index in [2.05, 4.69) is 44.2 Å². The van der Waals surface area contributed by atoms with Gasteiger partial charge in [-0.15, -0.1) is 0 Å². The Morgan fingerprint density at radius 3 is 2.77 bits per heavy atom. The van der Waals surface area contributed by atoms with E-state index in [0.29, 0.717) is 11.9 Å². The molecule has 2 aromatic heterocycles. The lowest BCUT2D eigenvalue weighted by molar-refractivity contribution is 0.353. The van der Waals surface area contributed by atoms with Gasteiger partial charge in [0.25, 0.3) is 0 Å². The third-order valence-corrected chi connectivity index (χ3v) is 4.61. The number of nitrogens with zero attached hydrogens (tertiary/aromatic N) is 3. The van der Waals surface area contributed by atoms with Crippen molar-refractivity contribution in [3.8, 4) is 23.0 Å². The number of hydrogen-bond acceptors (Lipinski definition) is 5. The Balaban J connectivity index is 1.79. The number of H-pyrrole nitrogens is 1. The van der Waals surface area contributed by atoms with Crippen LogP contribution in [-0.2, 0) is 6.42 Å². The topological polar surface area (TPSA) is 72.9 Å². The fourth-order valence-electron chi connectivity index (χ4n) is 3.35. The van der Waals surface area contributed by atoms with Crippen molar-refractivity contribution in [2.24, 2.45) is 0 Å². The van der Waals surface area contributed by atoms with E-state index in [9.17, 15) is 0 Å². The summed E-state index contributed by atoms with van der Waals surface area (Å²) in [6.45, 7) is 0. The lowest BCUT2D eigenvalue weighted by Gasteiger charge is -2.20. The predicted molar refractivity (Wildman–Crippen MR) is 100.0 cm³/mol. The fraction of sp³-hybridized carbons (Fsp3) is 0.250. The standard InChI is InChI=1S/C20H20N4O2/c1-25-19-18(11-22-20(24-19)26-2)15-7-6-13-4-3-5-14(17(13)9-15)8-16-10-21-12-23-16/h6-12H,3-5H2,1-2H3,(H,21,23)/b14-8+. The molecule has 0 atom stereocenters. The molecule has 1 aliphatic rings. The molecule has 0 bridgehead atoms. The first-order valence-electron chi connectivity index (χ1n) is 8.56. The van der Waals surface area contributed by atoms with Crippen LogP contribution in [0.2, 0.25) is 0 Å². The number of allylic oxidation sites excluding steroid dienone is 1. The van der Waals surface area contributed by atoms with Gasteiger partial charge in [-0.1, -0.05) is 12.1 Å². The van der Waals surface area contributed by atoms with Gasteiger partial charge in [-0.2, -0.15) is 4.98 Å². The summed E-state index contributed by atoms with van der Waals surface area (Å²) in [5.74, 6) is 0.505. The van der Waals surface area contributed by atoms with E-state index in [0.717, 1.165) is 36.1 Å². The number of hydrogen-bond donors (Lipinski definition) is 1. The number of rotatable bonds is 4. The second-order valence-corrected chi connectivity index (χ2v) is 6.17. The van der Waals surface area contributed by atoms with Crippen LogP contribution in [0, 0.1) is 0 Å². The fourth-order valence-corrected chi connectivity index (χ4v) is 3.35. The van der Waals surface area contributed by atoms with E-state index in [1.165, 1.54) is 16.7 Å². The molecule has 26 heavy (non-hydrogen) atoms. The molecular formula is C20H20N4O2. The van der Waals surface area contributed by atoms with Crippen LogP contribution < -0.4 is 9.47 Å². The molecule has 0 radical (unpaired) electrons. The van der Waals surface area contributed by atoms with Crippen LogP contribution in [0.4, 0.5) is 0 Å². The molecule has 0 spiro atoms. The lowest BCUT2D eigenvalue weighted by Crippen LogP contribution is -2.03. The van der Waals surface area contributed by atoms with Gasteiger partial charge in [-0.05, 0) is 53.7 Å². The van der Waals surface area contributed by atoms with Gasteiger partial charge in [0.05, 0.1) is 31.8 Å². The Morgan fingerprint density at radius 2 is 2.00 bits per heavy atom. The third kappa shape index (κ3) is 3.06. The second kappa shape index (κ2) is 7.00. The summed E-state index contributed by atoms with van der Waals surface area (Å²) in [4.78, 5) is 15.9. The highest BCUT2D eigenvalue weighted by Crippen LogP contribution is 2.37. The van der Waals surface area contributed by atoms with E-state index in [4.69, 9.17) is 9.47 Å². The van der Waals surface area contributed by atoms with Crippen molar-refractivity contribution in [2.45, 2.75) is 19.3 Å². The molecule has 3 aromatic rings. The van der Waals surface area contributed by atoms with Crippen molar-refractivity contribution in [2.75, 3.05) is 14.2 Å². The van der Waals surface area contributed by atoms with Crippen LogP contribution in [0.1, 0.15) is 29.7 Å². The summed E-state index contributed by atoms with van der Waals surface area (Å²) in [5, 5.41) is 0. The number of imidazole rings is 1. The summed E-state index contributed by atoms with van der Waals surface area (Å²) >= 11 is 0. The van der Waals surface area contributed by atoms with Gasteiger partial charge in [0.1, 0.15) is 0 Å². The van der Waals surface area contributed by atoms with Gasteiger partial charge in [-0.25, -0.2) is 9.97 Å². The monoisotopic (exact) mass is 348 g/mol. The lowest BCUT2D eigenvalue weighted by atomic mass is 9.85. The Kier molecular flexibility index (Phi) is 4.39. The van der Waals surface area contributed by atoms with Crippen LogP contribution in [-0.4, -0.2) is 34.2 Å². The van der Waals surface area contributed by atoms with Crippen LogP contribution in [0.3, 0.4) is 0 Å². The molecular weight excluding hydrogens is 328 g/mol. The van der Waals surface area contributed by atoms with Gasteiger partial charge in [-0.3, -0.25) is 0 Å². The summed E-state index contributed by atoms with van der Waals surface area (Å²) in [5.41, 5.74) is 6.74. The Morgan fingerprint density at radius 1 is 1.08 bits per heavy atom. The average Bonchev–Trinajstić information content (AvgIpc) is 3.20. The number of ether oxygens (including phenoxy) is 2. The van der Waals surface area contributed by atoms with Crippen LogP contribution in [0.5, 0.6) is 11.9 Å². The zero-order valence-electron chi connectivity index (χ0n) is 14.8. The number of benzene rings is 1. The SMILES string of the molecule is COc1ncc(-c2ccc3c(c2)/C(=C/c2c[nH]cn2)CCC3)c(OC)n1. The minimum atomic E-state index is 0.294. The second-order valence-electron chi connectivity index (χ2n) is 6.17. The number of aromatic amines is 1. The third-order valence-electron chi connectivity index (χ3n) is 4.61. The summed E-state index contributed by atoms with van der Waals surface area (Å²) < 4.78 is 10.5. The first kappa shape index (κ1) is 16.3. The molecule has 4 rings (SSSR count). The molecule has 1 aromatic carbocycles. The number of methoxy groups -OCH3 is 2. The predicted octanol–water partition coefficient (Wildman–Crippen LogP) is 3.76. The molecule has 2 heterocycles. The first-order valence-corrected chi connectivity index (χ1v) is 8.56. The molecule has 0 unspecified atom stereocenters. The number of aromatic nitrogens is 4. The van der Waals surface area contributed by atoms with Crippen LogP contribution in [0.25, 0.3) is 22.8 Å². The summed E-state index contributed by atoms with van der Waals surface area (Å²) in [6.07, 6.45) is 10.8. The van der Waals surface area contributed by atoms with Gasteiger partial charge >= 0.3 is 6.01 Å². The van der Waals surface area contributed by atoms with Crippen molar-refractivity contribution >= 4 is 11.6 Å².